The number of nitrogens with zero attached hydrogens (tertiary/aromatic N) is 4. The molecule has 0 bridgehead atoms. The molecule has 2 aromatic carbocycles. The highest BCUT2D eigenvalue weighted by Crippen LogP contribution is 2.28. The van der Waals surface area contributed by atoms with E-state index < -0.39 is 4.92 Å². The molecule has 0 saturated heterocycles. The Kier molecular flexibility index (Phi) is 5.87. The monoisotopic (exact) mass is 396 g/mol. The number of nitro groups is 1. The van der Waals surface area contributed by atoms with Crippen LogP contribution >= 0.6 is 0 Å². The van der Waals surface area contributed by atoms with Crippen molar-refractivity contribution in [1.82, 2.24) is 15.0 Å². The maximum Gasteiger partial charge on any atom is 0.311 e. The summed E-state index contributed by atoms with van der Waals surface area (Å²) in [5.74, 6) is 0.406. The van der Waals surface area contributed by atoms with Crippen LogP contribution in [0.5, 0.6) is 5.75 Å². The molecule has 0 saturated carbocycles. The lowest BCUT2D eigenvalue weighted by Gasteiger charge is -2.25. The first-order chi connectivity index (χ1) is 13.9. The molecule has 0 aliphatic heterocycles. The van der Waals surface area contributed by atoms with E-state index in [9.17, 15) is 14.9 Å². The maximum absolute atomic E-state index is 13.0. The number of carbonyl (C=O) groups is 1. The van der Waals surface area contributed by atoms with Gasteiger partial charge >= 0.3 is 5.69 Å². The van der Waals surface area contributed by atoms with Gasteiger partial charge in [-0.25, -0.2) is 0 Å². The predicted molar refractivity (Wildman–Crippen MR) is 104 cm³/mol. The number of hydrogen-bond donors (Lipinski definition) is 0. The minimum absolute atomic E-state index is 0.0795. The van der Waals surface area contributed by atoms with Crippen LogP contribution < -0.4 is 4.74 Å². The molecule has 3 rings (SSSR count). The van der Waals surface area contributed by atoms with Crippen molar-refractivity contribution in [3.63, 3.8) is 0 Å². The summed E-state index contributed by atoms with van der Waals surface area (Å²) in [6.45, 7) is 3.75. The Morgan fingerprint density at radius 3 is 2.59 bits per heavy atom. The second-order valence-electron chi connectivity index (χ2n) is 6.55. The molecule has 1 amide bonds. The van der Waals surface area contributed by atoms with Crippen LogP contribution in [0, 0.1) is 10.1 Å². The zero-order chi connectivity index (χ0) is 21.0. The molecule has 9 heteroatoms. The summed E-state index contributed by atoms with van der Waals surface area (Å²) in [6, 6.07) is 13.2. The first kappa shape index (κ1) is 20.0. The van der Waals surface area contributed by atoms with E-state index in [0.29, 0.717) is 5.82 Å². The largest absolute Gasteiger partial charge is 0.490 e. The van der Waals surface area contributed by atoms with Crippen molar-refractivity contribution in [2.45, 2.75) is 26.4 Å². The normalized spacial score (nSPS) is 10.8. The summed E-state index contributed by atoms with van der Waals surface area (Å²) in [6.07, 6.45) is 0. The third kappa shape index (κ3) is 4.40. The quantitative estimate of drug-likeness (QED) is 0.442. The van der Waals surface area contributed by atoms with Crippen LogP contribution in [0.15, 0.2) is 53.1 Å². The minimum atomic E-state index is -0.584. The number of aromatic nitrogens is 2. The molecule has 150 valence electrons. The van der Waals surface area contributed by atoms with Crippen molar-refractivity contribution >= 4 is 11.6 Å². The van der Waals surface area contributed by atoms with Gasteiger partial charge in [0.25, 0.3) is 5.91 Å². The topological polar surface area (TPSA) is 112 Å². The minimum Gasteiger partial charge on any atom is -0.490 e. The summed E-state index contributed by atoms with van der Waals surface area (Å²) >= 11 is 0. The number of hydrogen-bond acceptors (Lipinski definition) is 7. The van der Waals surface area contributed by atoms with Gasteiger partial charge in [-0.05, 0) is 26.0 Å². The fourth-order valence-corrected chi connectivity index (χ4v) is 2.79. The van der Waals surface area contributed by atoms with Gasteiger partial charge in [0.05, 0.1) is 12.0 Å². The first-order valence-electron chi connectivity index (χ1n) is 8.92. The summed E-state index contributed by atoms with van der Waals surface area (Å²) in [7, 11) is 1.34. The van der Waals surface area contributed by atoms with Gasteiger partial charge in [0, 0.05) is 23.2 Å². The van der Waals surface area contributed by atoms with Gasteiger partial charge in [-0.2, -0.15) is 4.98 Å². The van der Waals surface area contributed by atoms with Crippen LogP contribution in [0.3, 0.4) is 0 Å². The number of benzene rings is 2. The van der Waals surface area contributed by atoms with Gasteiger partial charge in [-0.3, -0.25) is 14.9 Å². The Hall–Kier alpha value is -3.75. The zero-order valence-corrected chi connectivity index (χ0v) is 16.2. The van der Waals surface area contributed by atoms with Gasteiger partial charge in [-0.15, -0.1) is 0 Å². The SMILES string of the molecule is COc1ccc(C(=O)N(Cc2nc(-c3ccccc3)no2)C(C)C)cc1[N+](=O)[O-]. The van der Waals surface area contributed by atoms with E-state index in [1.165, 1.54) is 30.2 Å². The summed E-state index contributed by atoms with van der Waals surface area (Å²) < 4.78 is 10.3. The van der Waals surface area contributed by atoms with Gasteiger partial charge in [0.15, 0.2) is 5.75 Å². The lowest BCUT2D eigenvalue weighted by molar-refractivity contribution is -0.385. The lowest BCUT2D eigenvalue weighted by atomic mass is 10.1. The van der Waals surface area contributed by atoms with E-state index in [0.717, 1.165) is 5.56 Å². The fourth-order valence-electron chi connectivity index (χ4n) is 2.79. The standard InChI is InChI=1S/C20H20N4O5/c1-13(2)23(12-18-21-19(22-29-18)14-7-5-4-6-8-14)20(25)15-9-10-17(28-3)16(11-15)24(26)27/h4-11,13H,12H2,1-3H3. The smallest absolute Gasteiger partial charge is 0.311 e. The van der Waals surface area contributed by atoms with E-state index in [1.54, 1.807) is 0 Å². The van der Waals surface area contributed by atoms with Crippen LogP contribution in [0.4, 0.5) is 5.69 Å². The summed E-state index contributed by atoms with van der Waals surface area (Å²) in [4.78, 5) is 29.5. The Morgan fingerprint density at radius 2 is 1.97 bits per heavy atom. The Labute approximate surface area is 167 Å². The number of amides is 1. The number of carbonyl (C=O) groups excluding carboxylic acids is 1. The number of methoxy groups -OCH3 is 1. The molecular formula is C20H20N4O5. The second-order valence-corrected chi connectivity index (χ2v) is 6.55. The average molecular weight is 396 g/mol. The molecule has 0 aliphatic carbocycles. The molecule has 0 N–H and O–H groups in total. The van der Waals surface area contributed by atoms with Gasteiger partial charge in [-0.1, -0.05) is 35.5 Å². The van der Waals surface area contributed by atoms with Crippen LogP contribution in [-0.2, 0) is 6.54 Å². The number of nitro benzene ring substituents is 1. The molecular weight excluding hydrogens is 376 g/mol. The molecule has 29 heavy (non-hydrogen) atoms. The van der Waals surface area contributed by atoms with Gasteiger partial charge < -0.3 is 14.2 Å². The summed E-state index contributed by atoms with van der Waals surface area (Å²) in [5, 5.41) is 15.2. The molecule has 0 aliphatic rings. The highest BCUT2D eigenvalue weighted by atomic mass is 16.6. The number of rotatable bonds is 7. The molecule has 0 fully saturated rings. The van der Waals surface area contributed by atoms with Crippen LogP contribution in [0.1, 0.15) is 30.1 Å². The highest BCUT2D eigenvalue weighted by molar-refractivity contribution is 5.95. The van der Waals surface area contributed by atoms with E-state index in [1.807, 2.05) is 44.2 Å². The van der Waals surface area contributed by atoms with Crippen LogP contribution in [0.2, 0.25) is 0 Å². The number of ether oxygens (including phenoxy) is 1. The van der Waals surface area contributed by atoms with Crippen molar-refractivity contribution in [1.29, 1.82) is 0 Å². The molecule has 1 heterocycles. The maximum atomic E-state index is 13.0. The van der Waals surface area contributed by atoms with Crippen molar-refractivity contribution in [3.05, 3.63) is 70.1 Å². The Morgan fingerprint density at radius 1 is 1.24 bits per heavy atom. The molecule has 9 nitrogen and oxygen atoms in total. The average Bonchev–Trinajstić information content (AvgIpc) is 3.20. The summed E-state index contributed by atoms with van der Waals surface area (Å²) in [5.41, 5.74) is 0.705. The van der Waals surface area contributed by atoms with Crippen LogP contribution in [0.25, 0.3) is 11.4 Å². The molecule has 1 aromatic heterocycles. The molecule has 0 unspecified atom stereocenters. The van der Waals surface area contributed by atoms with E-state index in [4.69, 9.17) is 9.26 Å². The van der Waals surface area contributed by atoms with E-state index in [-0.39, 0.29) is 41.4 Å². The Balaban J connectivity index is 1.85. The van der Waals surface area contributed by atoms with Crippen LogP contribution in [-0.4, -0.2) is 39.0 Å². The lowest BCUT2D eigenvalue weighted by Crippen LogP contribution is -2.36. The predicted octanol–water partition coefficient (Wildman–Crippen LogP) is 3.70. The second kappa shape index (κ2) is 8.51. The molecule has 0 atom stereocenters. The fraction of sp³-hybridized carbons (Fsp3) is 0.250. The molecule has 0 spiro atoms. The molecule has 3 aromatic rings. The van der Waals surface area contributed by atoms with Gasteiger partial charge in [0.1, 0.15) is 6.54 Å². The third-order valence-corrected chi connectivity index (χ3v) is 4.31. The van der Waals surface area contributed by atoms with E-state index in [2.05, 4.69) is 10.1 Å². The van der Waals surface area contributed by atoms with Crippen molar-refractivity contribution in [3.8, 4) is 17.1 Å². The van der Waals surface area contributed by atoms with E-state index >= 15 is 0 Å². The molecule has 0 radical (unpaired) electrons. The first-order valence-corrected chi connectivity index (χ1v) is 8.92. The zero-order valence-electron chi connectivity index (χ0n) is 16.2. The third-order valence-electron chi connectivity index (χ3n) is 4.31. The van der Waals surface area contributed by atoms with Gasteiger partial charge in [0.2, 0.25) is 11.7 Å². The Bertz CT molecular complexity index is 1020. The van der Waals surface area contributed by atoms with Crippen molar-refractivity contribution in [2.75, 3.05) is 7.11 Å². The van der Waals surface area contributed by atoms with Crippen molar-refractivity contribution in [2.24, 2.45) is 0 Å². The van der Waals surface area contributed by atoms with Crippen molar-refractivity contribution < 1.29 is 19.0 Å². The highest BCUT2D eigenvalue weighted by Gasteiger charge is 2.25.